The van der Waals surface area contributed by atoms with Gasteiger partial charge in [-0.1, -0.05) is 6.42 Å². The minimum Gasteiger partial charge on any atom is -0.444 e. The molecule has 1 saturated heterocycles. The first kappa shape index (κ1) is 14.4. The number of rotatable bonds is 1. The summed E-state index contributed by atoms with van der Waals surface area (Å²) < 4.78 is 5.45. The fourth-order valence-electron chi connectivity index (χ4n) is 3.17. The van der Waals surface area contributed by atoms with Gasteiger partial charge in [0.15, 0.2) is 0 Å². The van der Waals surface area contributed by atoms with Crippen molar-refractivity contribution in [3.8, 4) is 0 Å². The Bertz CT molecular complexity index is 359. The van der Waals surface area contributed by atoms with Gasteiger partial charge in [0.25, 0.3) is 0 Å². The minimum atomic E-state index is -0.471. The first-order chi connectivity index (χ1) is 8.88. The highest BCUT2D eigenvalue weighted by Crippen LogP contribution is 2.33. The quantitative estimate of drug-likeness (QED) is 0.733. The van der Waals surface area contributed by atoms with E-state index in [0.29, 0.717) is 12.2 Å². The zero-order valence-corrected chi connectivity index (χ0v) is 12.3. The predicted molar refractivity (Wildman–Crippen MR) is 72.9 cm³/mol. The molecule has 1 aliphatic heterocycles. The fraction of sp³-hybridized carbons (Fsp3) is 0.867. The molecular weight excluding hydrogens is 242 g/mol. The van der Waals surface area contributed by atoms with Crippen LogP contribution < -0.4 is 0 Å². The molecule has 0 N–H and O–H groups in total. The van der Waals surface area contributed by atoms with Gasteiger partial charge in [-0.2, -0.15) is 0 Å². The fourth-order valence-corrected chi connectivity index (χ4v) is 3.17. The number of ether oxygens (including phenoxy) is 1. The lowest BCUT2D eigenvalue weighted by molar-refractivity contribution is -0.126. The number of carbonyl (C=O) groups is 2. The average molecular weight is 267 g/mol. The van der Waals surface area contributed by atoms with Crippen LogP contribution >= 0.6 is 0 Å². The van der Waals surface area contributed by atoms with Gasteiger partial charge in [0.05, 0.1) is 0 Å². The lowest BCUT2D eigenvalue weighted by atomic mass is 9.82. The van der Waals surface area contributed by atoms with E-state index in [1.165, 1.54) is 0 Å². The molecule has 0 bridgehead atoms. The Morgan fingerprint density at radius 2 is 1.95 bits per heavy atom. The molecule has 1 saturated carbocycles. The summed E-state index contributed by atoms with van der Waals surface area (Å²) in [7, 11) is 0. The largest absolute Gasteiger partial charge is 0.444 e. The monoisotopic (exact) mass is 267 g/mol. The van der Waals surface area contributed by atoms with Crippen molar-refractivity contribution in [3.63, 3.8) is 0 Å². The Labute approximate surface area is 115 Å². The van der Waals surface area contributed by atoms with Crippen molar-refractivity contribution in [2.75, 3.05) is 6.54 Å². The summed E-state index contributed by atoms with van der Waals surface area (Å²) in [4.78, 5) is 26.1. The topological polar surface area (TPSA) is 46.6 Å². The number of Topliss-reactive ketones (excluding diaryl/α,β-unsaturated/α-hetero) is 1. The molecule has 0 aromatic heterocycles. The molecule has 2 aliphatic rings. The Kier molecular flexibility index (Phi) is 4.16. The van der Waals surface area contributed by atoms with Crippen LogP contribution in [-0.2, 0) is 9.53 Å². The summed E-state index contributed by atoms with van der Waals surface area (Å²) in [6.07, 6.45) is 5.40. The Hall–Kier alpha value is -1.06. The molecule has 0 spiro atoms. The van der Waals surface area contributed by atoms with Crippen molar-refractivity contribution in [1.29, 1.82) is 0 Å². The van der Waals surface area contributed by atoms with Crippen molar-refractivity contribution >= 4 is 11.9 Å². The van der Waals surface area contributed by atoms with Crippen molar-refractivity contribution in [2.24, 2.45) is 5.92 Å². The number of hydrogen-bond acceptors (Lipinski definition) is 3. The highest BCUT2D eigenvalue weighted by Gasteiger charge is 2.40. The maximum Gasteiger partial charge on any atom is 0.410 e. The van der Waals surface area contributed by atoms with Gasteiger partial charge >= 0.3 is 6.09 Å². The van der Waals surface area contributed by atoms with E-state index < -0.39 is 5.60 Å². The Balaban J connectivity index is 2.04. The standard InChI is InChI=1S/C15H25NO3/c1-15(2,3)19-14(18)16-10-6-8-12(16)11-7-4-5-9-13(11)17/h11-12H,4-10H2,1-3H3/t11-,12+/m1/s1. The molecule has 0 unspecified atom stereocenters. The lowest BCUT2D eigenvalue weighted by Crippen LogP contribution is -2.45. The van der Waals surface area contributed by atoms with Crippen LogP contribution in [0, 0.1) is 5.92 Å². The molecule has 2 fully saturated rings. The summed E-state index contributed by atoms with van der Waals surface area (Å²) in [6, 6.07) is 0.0719. The summed E-state index contributed by atoms with van der Waals surface area (Å²) in [5.74, 6) is 0.385. The summed E-state index contributed by atoms with van der Waals surface area (Å²) in [5.41, 5.74) is -0.471. The van der Waals surface area contributed by atoms with Crippen LogP contribution in [0.2, 0.25) is 0 Å². The van der Waals surface area contributed by atoms with Gasteiger partial charge in [0.1, 0.15) is 11.4 Å². The highest BCUT2D eigenvalue weighted by molar-refractivity contribution is 5.83. The van der Waals surface area contributed by atoms with Gasteiger partial charge in [0.2, 0.25) is 0 Å². The second kappa shape index (κ2) is 5.51. The van der Waals surface area contributed by atoms with Crippen LogP contribution in [-0.4, -0.2) is 35.0 Å². The SMILES string of the molecule is CC(C)(C)OC(=O)N1CCC[C@H]1[C@H]1CCCCC1=O. The molecule has 108 valence electrons. The van der Waals surface area contributed by atoms with E-state index >= 15 is 0 Å². The van der Waals surface area contributed by atoms with Gasteiger partial charge in [-0.3, -0.25) is 4.79 Å². The van der Waals surface area contributed by atoms with Gasteiger partial charge in [-0.05, 0) is 46.5 Å². The molecule has 4 heteroatoms. The highest BCUT2D eigenvalue weighted by atomic mass is 16.6. The van der Waals surface area contributed by atoms with Crippen LogP contribution in [0.1, 0.15) is 59.3 Å². The van der Waals surface area contributed by atoms with E-state index in [9.17, 15) is 9.59 Å². The van der Waals surface area contributed by atoms with Gasteiger partial charge in [-0.15, -0.1) is 0 Å². The molecule has 2 rings (SSSR count). The summed E-state index contributed by atoms with van der Waals surface area (Å²) in [5, 5.41) is 0. The lowest BCUT2D eigenvalue weighted by Gasteiger charge is -2.34. The van der Waals surface area contributed by atoms with Crippen LogP contribution in [0.15, 0.2) is 0 Å². The van der Waals surface area contributed by atoms with Gasteiger partial charge in [-0.25, -0.2) is 4.79 Å². The molecule has 1 aliphatic carbocycles. The third-order valence-electron chi connectivity index (χ3n) is 3.99. The van der Waals surface area contributed by atoms with Gasteiger partial charge < -0.3 is 9.64 Å². The third-order valence-corrected chi connectivity index (χ3v) is 3.99. The number of nitrogens with zero attached hydrogens (tertiary/aromatic N) is 1. The molecule has 4 nitrogen and oxygen atoms in total. The summed E-state index contributed by atoms with van der Waals surface area (Å²) in [6.45, 7) is 6.36. The van der Waals surface area contributed by atoms with E-state index in [0.717, 1.165) is 38.6 Å². The zero-order valence-electron chi connectivity index (χ0n) is 12.3. The molecule has 1 heterocycles. The second-order valence-corrected chi connectivity index (χ2v) is 6.70. The third kappa shape index (κ3) is 3.48. The van der Waals surface area contributed by atoms with Crippen LogP contribution in [0.5, 0.6) is 0 Å². The van der Waals surface area contributed by atoms with E-state index in [-0.39, 0.29) is 18.1 Å². The first-order valence-electron chi connectivity index (χ1n) is 7.41. The minimum absolute atomic E-state index is 0.0452. The summed E-state index contributed by atoms with van der Waals surface area (Å²) >= 11 is 0. The van der Waals surface area contributed by atoms with Crippen LogP contribution in [0.3, 0.4) is 0 Å². The van der Waals surface area contributed by atoms with Crippen molar-refractivity contribution < 1.29 is 14.3 Å². The van der Waals surface area contributed by atoms with E-state index in [1.807, 2.05) is 20.8 Å². The average Bonchev–Trinajstić information content (AvgIpc) is 2.76. The number of hydrogen-bond donors (Lipinski definition) is 0. The van der Waals surface area contributed by atoms with Crippen LogP contribution in [0.25, 0.3) is 0 Å². The normalized spacial score (nSPS) is 28.6. The second-order valence-electron chi connectivity index (χ2n) is 6.70. The molecule has 2 atom stereocenters. The smallest absolute Gasteiger partial charge is 0.410 e. The number of likely N-dealkylation sites (tertiary alicyclic amines) is 1. The van der Waals surface area contributed by atoms with Crippen LogP contribution in [0.4, 0.5) is 4.79 Å². The maximum absolute atomic E-state index is 12.2. The van der Waals surface area contributed by atoms with Gasteiger partial charge in [0, 0.05) is 24.9 Å². The van der Waals surface area contributed by atoms with Crippen molar-refractivity contribution in [2.45, 2.75) is 70.9 Å². The zero-order chi connectivity index (χ0) is 14.0. The van der Waals surface area contributed by atoms with E-state index in [4.69, 9.17) is 4.74 Å². The molecule has 0 aromatic rings. The number of ketones is 1. The van der Waals surface area contributed by atoms with E-state index in [1.54, 1.807) is 4.90 Å². The number of carbonyl (C=O) groups excluding carboxylic acids is 2. The van der Waals surface area contributed by atoms with E-state index in [2.05, 4.69) is 0 Å². The molecule has 0 radical (unpaired) electrons. The first-order valence-corrected chi connectivity index (χ1v) is 7.41. The Morgan fingerprint density at radius 3 is 2.58 bits per heavy atom. The number of amides is 1. The van der Waals surface area contributed by atoms with Crippen molar-refractivity contribution in [1.82, 2.24) is 4.90 Å². The van der Waals surface area contributed by atoms with Crippen molar-refractivity contribution in [3.05, 3.63) is 0 Å². The Morgan fingerprint density at radius 1 is 1.21 bits per heavy atom. The molecular formula is C15H25NO3. The maximum atomic E-state index is 12.2. The molecule has 1 amide bonds. The predicted octanol–water partition coefficient (Wildman–Crippen LogP) is 3.15. The molecule has 0 aromatic carbocycles. The molecule has 19 heavy (non-hydrogen) atoms.